The van der Waals surface area contributed by atoms with Gasteiger partial charge in [-0.2, -0.15) is 0 Å². The van der Waals surface area contributed by atoms with Crippen molar-refractivity contribution in [3.63, 3.8) is 0 Å². The van der Waals surface area contributed by atoms with Gasteiger partial charge in [-0.05, 0) is 25.0 Å². The lowest BCUT2D eigenvalue weighted by Gasteiger charge is -2.17. The van der Waals surface area contributed by atoms with Crippen molar-refractivity contribution in [1.82, 2.24) is 10.9 Å². The highest BCUT2D eigenvalue weighted by Gasteiger charge is 2.14. The number of aliphatic hydroxyl groups excluding tert-OH is 2. The molecule has 0 saturated heterocycles. The van der Waals surface area contributed by atoms with E-state index in [2.05, 4.69) is 10.9 Å². The van der Waals surface area contributed by atoms with Crippen LogP contribution < -0.4 is 22.5 Å². The van der Waals surface area contributed by atoms with Crippen molar-refractivity contribution in [3.05, 3.63) is 71.8 Å². The lowest BCUT2D eigenvalue weighted by atomic mass is 10.0. The van der Waals surface area contributed by atoms with E-state index in [-0.39, 0.29) is 12.1 Å². The van der Waals surface area contributed by atoms with Crippen LogP contribution in [0.1, 0.15) is 37.2 Å². The third-order valence-corrected chi connectivity index (χ3v) is 3.76. The summed E-state index contributed by atoms with van der Waals surface area (Å²) in [6.07, 6.45) is -1.09. The van der Waals surface area contributed by atoms with E-state index in [1.54, 1.807) is 0 Å². The van der Waals surface area contributed by atoms with Gasteiger partial charge in [0, 0.05) is 22.5 Å². The Bertz CT molecular complexity index is 705. The summed E-state index contributed by atoms with van der Waals surface area (Å²) in [4.78, 5) is 0. The minimum absolute atomic E-state index is 0.132. The van der Waals surface area contributed by atoms with Crippen molar-refractivity contribution < 1.29 is 27.7 Å². The molecule has 0 aliphatic heterocycles. The van der Waals surface area contributed by atoms with E-state index in [9.17, 15) is 10.2 Å². The molecule has 0 amide bonds. The van der Waals surface area contributed by atoms with Gasteiger partial charge in [0.15, 0.2) is 0 Å². The van der Waals surface area contributed by atoms with E-state index in [1.165, 1.54) is 0 Å². The van der Waals surface area contributed by atoms with Crippen LogP contribution in [0.25, 0.3) is 0 Å². The molecule has 0 aliphatic carbocycles. The fourth-order valence-corrected chi connectivity index (χ4v) is 2.06. The first-order chi connectivity index (χ1) is 13.5. The molecule has 0 radical (unpaired) electrons. The second kappa shape index (κ2) is 14.1. The van der Waals surface area contributed by atoms with Crippen LogP contribution in [0.4, 0.5) is 0 Å². The van der Waals surface area contributed by atoms with Gasteiger partial charge < -0.3 is 19.3 Å². The highest BCUT2D eigenvalue weighted by molar-refractivity contribution is 7.79. The van der Waals surface area contributed by atoms with Crippen LogP contribution in [0, 0.1) is 0 Å². The van der Waals surface area contributed by atoms with Crippen LogP contribution in [0.5, 0.6) is 0 Å². The molecule has 4 unspecified atom stereocenters. The Morgan fingerprint density at radius 2 is 1.00 bits per heavy atom. The minimum Gasteiger partial charge on any atom is -0.759 e. The monoisotopic (exact) mass is 428 g/mol. The molecule has 0 heterocycles. The van der Waals surface area contributed by atoms with Crippen molar-refractivity contribution >= 4 is 10.4 Å². The first-order valence-corrected chi connectivity index (χ1v) is 9.89. The number of rotatable bonds is 6. The quantitative estimate of drug-likeness (QED) is 0.155. The summed E-state index contributed by atoms with van der Waals surface area (Å²) >= 11 is 0. The molecular formula is C18H28N4O6S-2. The summed E-state index contributed by atoms with van der Waals surface area (Å²) in [6.45, 7) is 3.66. The first-order valence-electron chi connectivity index (χ1n) is 8.56. The van der Waals surface area contributed by atoms with Gasteiger partial charge in [0.25, 0.3) is 0 Å². The van der Waals surface area contributed by atoms with Crippen molar-refractivity contribution in [1.29, 1.82) is 0 Å². The minimum atomic E-state index is -5.17. The number of benzene rings is 2. The summed E-state index contributed by atoms with van der Waals surface area (Å²) in [6, 6.07) is 18.6. The highest BCUT2D eigenvalue weighted by Crippen LogP contribution is 2.15. The van der Waals surface area contributed by atoms with E-state index in [0.717, 1.165) is 11.1 Å². The maximum atomic E-state index is 9.65. The lowest BCUT2D eigenvalue weighted by Crippen LogP contribution is -2.37. The molecule has 0 saturated carbocycles. The molecule has 4 atom stereocenters. The summed E-state index contributed by atoms with van der Waals surface area (Å²) in [5, 5.41) is 19.3. The average molecular weight is 429 g/mol. The van der Waals surface area contributed by atoms with Gasteiger partial charge >= 0.3 is 0 Å². The van der Waals surface area contributed by atoms with Gasteiger partial charge in [-0.15, -0.1) is 0 Å². The molecular weight excluding hydrogens is 400 g/mol. The summed E-state index contributed by atoms with van der Waals surface area (Å²) in [7, 11) is -5.17. The van der Waals surface area contributed by atoms with Crippen LogP contribution in [-0.4, -0.2) is 39.8 Å². The second-order valence-corrected chi connectivity index (χ2v) is 6.85. The normalized spacial score (nSPS) is 14.9. The lowest BCUT2D eigenvalue weighted by molar-refractivity contribution is 0.136. The predicted octanol–water partition coefficient (Wildman–Crippen LogP) is -0.194. The van der Waals surface area contributed by atoms with Gasteiger partial charge in [-0.25, -0.2) is 0 Å². The van der Waals surface area contributed by atoms with Crippen LogP contribution in [0.15, 0.2) is 60.7 Å². The Morgan fingerprint density at radius 3 is 1.21 bits per heavy atom. The number of hydrogen-bond acceptors (Lipinski definition) is 10. The SMILES string of the molecule is CC(NN)C(O)c1ccccc1.CC(NN)C(O)c1ccccc1.O=S(=O)([O-])[O-]. The van der Waals surface area contributed by atoms with Crippen LogP contribution in [0.2, 0.25) is 0 Å². The van der Waals surface area contributed by atoms with Crippen LogP contribution in [-0.2, 0) is 10.4 Å². The smallest absolute Gasteiger partial charge is 0.0953 e. The molecule has 0 bridgehead atoms. The zero-order valence-corrected chi connectivity index (χ0v) is 17.0. The molecule has 0 aromatic heterocycles. The van der Waals surface area contributed by atoms with E-state index in [0.29, 0.717) is 0 Å². The summed E-state index contributed by atoms with van der Waals surface area (Å²) in [5.74, 6) is 10.4. The third-order valence-electron chi connectivity index (χ3n) is 3.76. The first kappa shape index (κ1) is 27.1. The standard InChI is InChI=1S/2C9H14N2O.H2O4S/c2*1-7(11-10)9(12)8-5-3-2-4-6-8;1-5(2,3)4/h2*2-7,9,11-12H,10H2,1H3;(H2,1,2,3,4)/p-2. The summed E-state index contributed by atoms with van der Waals surface area (Å²) < 4.78 is 34.1. The third kappa shape index (κ3) is 13.0. The molecule has 0 aliphatic rings. The number of nitrogens with one attached hydrogen (secondary N) is 2. The topological polar surface area (TPSA) is 197 Å². The Hall–Kier alpha value is -1.93. The van der Waals surface area contributed by atoms with Crippen molar-refractivity contribution in [2.45, 2.75) is 38.1 Å². The van der Waals surface area contributed by atoms with Crippen LogP contribution in [0.3, 0.4) is 0 Å². The molecule has 0 spiro atoms. The highest BCUT2D eigenvalue weighted by atomic mass is 32.3. The number of nitrogens with two attached hydrogens (primary N) is 2. The molecule has 164 valence electrons. The van der Waals surface area contributed by atoms with E-state index in [4.69, 9.17) is 29.2 Å². The fraction of sp³-hybridized carbons (Fsp3) is 0.333. The molecule has 2 rings (SSSR count). The van der Waals surface area contributed by atoms with Gasteiger partial charge in [0.1, 0.15) is 0 Å². The molecule has 0 fully saturated rings. The van der Waals surface area contributed by atoms with Crippen molar-refractivity contribution in [2.75, 3.05) is 0 Å². The zero-order valence-electron chi connectivity index (χ0n) is 16.2. The number of aliphatic hydroxyl groups is 2. The second-order valence-electron chi connectivity index (χ2n) is 6.03. The van der Waals surface area contributed by atoms with Gasteiger partial charge in [0.2, 0.25) is 0 Å². The molecule has 29 heavy (non-hydrogen) atoms. The fourth-order valence-electron chi connectivity index (χ4n) is 2.06. The molecule has 11 heteroatoms. The van der Waals surface area contributed by atoms with Gasteiger partial charge in [-0.1, -0.05) is 60.7 Å². The molecule has 2 aromatic rings. The Labute approximate surface area is 171 Å². The zero-order chi connectivity index (χ0) is 22.4. The van der Waals surface area contributed by atoms with E-state index in [1.807, 2.05) is 74.5 Å². The molecule has 8 N–H and O–H groups in total. The maximum absolute atomic E-state index is 9.65. The van der Waals surface area contributed by atoms with Crippen molar-refractivity contribution in [3.8, 4) is 0 Å². The van der Waals surface area contributed by atoms with E-state index < -0.39 is 22.6 Å². The van der Waals surface area contributed by atoms with Crippen molar-refractivity contribution in [2.24, 2.45) is 11.7 Å². The van der Waals surface area contributed by atoms with Crippen LogP contribution >= 0.6 is 0 Å². The Kier molecular flexibility index (Phi) is 13.2. The summed E-state index contributed by atoms with van der Waals surface area (Å²) in [5.41, 5.74) is 6.78. The Morgan fingerprint density at radius 1 is 0.759 bits per heavy atom. The molecule has 10 nitrogen and oxygen atoms in total. The Balaban J connectivity index is 0.000000442. The van der Waals surface area contributed by atoms with Gasteiger partial charge in [-0.3, -0.25) is 31.0 Å². The van der Waals surface area contributed by atoms with Gasteiger partial charge in [0.05, 0.1) is 12.2 Å². The van der Waals surface area contributed by atoms with E-state index >= 15 is 0 Å². The number of hydrogen-bond donors (Lipinski definition) is 6. The number of hydrazine groups is 2. The predicted molar refractivity (Wildman–Crippen MR) is 107 cm³/mol. The largest absolute Gasteiger partial charge is 0.759 e. The average Bonchev–Trinajstić information content (AvgIpc) is 2.72. The molecule has 2 aromatic carbocycles. The maximum Gasteiger partial charge on any atom is 0.0953 e.